The number of fused-ring (bicyclic) bond motifs is 4. The fourth-order valence-electron chi connectivity index (χ4n) is 6.30. The molecule has 0 spiro atoms. The average molecular weight is 478 g/mol. The van der Waals surface area contributed by atoms with Gasteiger partial charge in [-0.05, 0) is 80.7 Å². The van der Waals surface area contributed by atoms with Gasteiger partial charge in [0.1, 0.15) is 0 Å². The fraction of sp³-hybridized carbons (Fsp3) is 0.552. The van der Waals surface area contributed by atoms with Crippen LogP contribution in [0.5, 0.6) is 11.5 Å². The minimum Gasteiger partial charge on any atom is -0.490 e. The van der Waals surface area contributed by atoms with E-state index in [4.69, 9.17) is 9.47 Å². The van der Waals surface area contributed by atoms with Gasteiger partial charge in [-0.25, -0.2) is 4.79 Å². The molecule has 3 aliphatic rings. The van der Waals surface area contributed by atoms with Crippen LogP contribution in [-0.4, -0.2) is 61.3 Å². The molecular weight excluding hydrogens is 438 g/mol. The number of likely N-dealkylation sites (tertiary alicyclic amines) is 1. The molecule has 5 rings (SSSR count). The van der Waals surface area contributed by atoms with E-state index in [1.165, 1.54) is 23.1 Å². The van der Waals surface area contributed by atoms with Gasteiger partial charge >= 0.3 is 6.03 Å². The molecule has 188 valence electrons. The van der Waals surface area contributed by atoms with Crippen LogP contribution in [0.15, 0.2) is 42.5 Å². The molecule has 3 aliphatic heterocycles. The highest BCUT2D eigenvalue weighted by Gasteiger charge is 2.44. The maximum absolute atomic E-state index is 13.3. The van der Waals surface area contributed by atoms with E-state index in [1.54, 1.807) is 0 Å². The standard InChI is InChI=1S/C29H39N3O3/c1-3-34-27-17-22-13-16-31-20-23-11-8-15-32(29(33)30-14-12-21-9-6-5-7-10-21)25(23)19-26(31)24(22)18-28(27)35-4-2/h5-7,9-10,17-18,23,25-26H,3-4,8,11-16,19-20H2,1-2H3,(H,30,33)/t23-,25+,26+/m1/s1. The molecule has 0 aliphatic carbocycles. The van der Waals surface area contributed by atoms with E-state index in [9.17, 15) is 4.79 Å². The number of carbonyl (C=O) groups excluding carboxylic acids is 1. The van der Waals surface area contributed by atoms with Crippen molar-refractivity contribution in [2.24, 2.45) is 5.92 Å². The largest absolute Gasteiger partial charge is 0.490 e. The molecule has 2 aromatic rings. The summed E-state index contributed by atoms with van der Waals surface area (Å²) in [5, 5.41) is 3.21. The van der Waals surface area contributed by atoms with E-state index in [1.807, 2.05) is 19.9 Å². The third-order valence-corrected chi connectivity index (χ3v) is 7.92. The molecule has 3 heterocycles. The maximum Gasteiger partial charge on any atom is 0.317 e. The molecule has 2 amide bonds. The van der Waals surface area contributed by atoms with Crippen molar-refractivity contribution in [1.29, 1.82) is 0 Å². The first kappa shape index (κ1) is 24.0. The molecule has 0 saturated carbocycles. The van der Waals surface area contributed by atoms with Crippen molar-refractivity contribution in [1.82, 2.24) is 15.1 Å². The lowest BCUT2D eigenvalue weighted by Gasteiger charge is -2.52. The minimum atomic E-state index is 0.0989. The molecule has 3 atom stereocenters. The summed E-state index contributed by atoms with van der Waals surface area (Å²) in [6, 6.07) is 15.5. The zero-order valence-corrected chi connectivity index (χ0v) is 21.2. The second kappa shape index (κ2) is 10.9. The van der Waals surface area contributed by atoms with Crippen molar-refractivity contribution in [3.63, 3.8) is 0 Å². The Morgan fingerprint density at radius 3 is 2.60 bits per heavy atom. The molecule has 2 saturated heterocycles. The molecule has 0 radical (unpaired) electrons. The maximum atomic E-state index is 13.3. The van der Waals surface area contributed by atoms with Crippen molar-refractivity contribution in [3.05, 3.63) is 59.2 Å². The van der Waals surface area contributed by atoms with Crippen LogP contribution in [-0.2, 0) is 12.8 Å². The number of nitrogens with one attached hydrogen (secondary N) is 1. The molecular formula is C29H39N3O3. The van der Waals surface area contributed by atoms with Crippen LogP contribution < -0.4 is 14.8 Å². The SMILES string of the molecule is CCOc1cc2c(cc1OCC)[C@@H]1C[C@H]3[C@H](CCCN3C(=O)NCCc3ccccc3)CN1CC2. The Kier molecular flexibility index (Phi) is 7.47. The second-order valence-electron chi connectivity index (χ2n) is 9.99. The van der Waals surface area contributed by atoms with E-state index in [2.05, 4.69) is 51.5 Å². The minimum absolute atomic E-state index is 0.0989. The summed E-state index contributed by atoms with van der Waals surface area (Å²) in [4.78, 5) is 18.1. The molecule has 0 unspecified atom stereocenters. The van der Waals surface area contributed by atoms with Gasteiger partial charge in [0, 0.05) is 38.3 Å². The molecule has 0 aromatic heterocycles. The third-order valence-electron chi connectivity index (χ3n) is 7.92. The average Bonchev–Trinajstić information content (AvgIpc) is 2.88. The zero-order valence-electron chi connectivity index (χ0n) is 21.2. The van der Waals surface area contributed by atoms with E-state index < -0.39 is 0 Å². The number of rotatable bonds is 7. The van der Waals surface area contributed by atoms with Crippen molar-refractivity contribution in [2.75, 3.05) is 39.4 Å². The zero-order chi connectivity index (χ0) is 24.2. The summed E-state index contributed by atoms with van der Waals surface area (Å²) >= 11 is 0. The van der Waals surface area contributed by atoms with Crippen molar-refractivity contribution >= 4 is 6.03 Å². The van der Waals surface area contributed by atoms with Gasteiger partial charge in [-0.2, -0.15) is 0 Å². The molecule has 2 aromatic carbocycles. The van der Waals surface area contributed by atoms with Gasteiger partial charge in [-0.1, -0.05) is 30.3 Å². The van der Waals surface area contributed by atoms with Crippen molar-refractivity contribution in [3.8, 4) is 11.5 Å². The van der Waals surface area contributed by atoms with Crippen molar-refractivity contribution < 1.29 is 14.3 Å². The van der Waals surface area contributed by atoms with Gasteiger partial charge in [-0.15, -0.1) is 0 Å². The second-order valence-corrected chi connectivity index (χ2v) is 9.99. The van der Waals surface area contributed by atoms with Gasteiger partial charge in [-0.3, -0.25) is 4.90 Å². The normalized spacial score (nSPS) is 23.6. The first-order valence-electron chi connectivity index (χ1n) is 13.4. The van der Waals surface area contributed by atoms with Gasteiger partial charge < -0.3 is 19.7 Å². The third kappa shape index (κ3) is 5.13. The summed E-state index contributed by atoms with van der Waals surface area (Å²) in [5.74, 6) is 2.25. The van der Waals surface area contributed by atoms with Crippen LogP contribution in [0.3, 0.4) is 0 Å². The fourth-order valence-corrected chi connectivity index (χ4v) is 6.30. The van der Waals surface area contributed by atoms with E-state index >= 15 is 0 Å². The smallest absolute Gasteiger partial charge is 0.317 e. The number of piperidine rings is 2. The molecule has 2 fully saturated rings. The quantitative estimate of drug-likeness (QED) is 0.621. The lowest BCUT2D eigenvalue weighted by Crippen LogP contribution is -2.59. The highest BCUT2D eigenvalue weighted by atomic mass is 16.5. The number of urea groups is 1. The first-order chi connectivity index (χ1) is 17.2. The predicted molar refractivity (Wildman–Crippen MR) is 138 cm³/mol. The van der Waals surface area contributed by atoms with Crippen LogP contribution in [0.1, 0.15) is 55.8 Å². The Morgan fingerprint density at radius 1 is 1.06 bits per heavy atom. The summed E-state index contributed by atoms with van der Waals surface area (Å²) in [6.45, 7) is 8.95. The number of ether oxygens (including phenoxy) is 2. The van der Waals surface area contributed by atoms with Gasteiger partial charge in [0.2, 0.25) is 0 Å². The lowest BCUT2D eigenvalue weighted by atomic mass is 9.76. The molecule has 6 nitrogen and oxygen atoms in total. The molecule has 1 N–H and O–H groups in total. The summed E-state index contributed by atoms with van der Waals surface area (Å²) in [7, 11) is 0. The van der Waals surface area contributed by atoms with Crippen LogP contribution >= 0.6 is 0 Å². The number of benzene rings is 2. The summed E-state index contributed by atoms with van der Waals surface area (Å²) in [6.07, 6.45) is 5.19. The molecule has 6 heteroatoms. The topological polar surface area (TPSA) is 54.0 Å². The monoisotopic (exact) mass is 477 g/mol. The Hall–Kier alpha value is -2.73. The predicted octanol–water partition coefficient (Wildman–Crippen LogP) is 4.82. The van der Waals surface area contributed by atoms with Crippen LogP contribution in [0.2, 0.25) is 0 Å². The summed E-state index contributed by atoms with van der Waals surface area (Å²) in [5.41, 5.74) is 3.98. The number of hydrogen-bond donors (Lipinski definition) is 1. The van der Waals surface area contributed by atoms with E-state index in [0.29, 0.717) is 31.7 Å². The van der Waals surface area contributed by atoms with Crippen LogP contribution in [0.4, 0.5) is 4.79 Å². The lowest BCUT2D eigenvalue weighted by molar-refractivity contribution is 0.00566. The van der Waals surface area contributed by atoms with Gasteiger partial charge in [0.25, 0.3) is 0 Å². The first-order valence-corrected chi connectivity index (χ1v) is 13.4. The Labute approximate surface area is 209 Å². The number of carbonyl (C=O) groups is 1. The highest BCUT2D eigenvalue weighted by molar-refractivity contribution is 5.74. The summed E-state index contributed by atoms with van der Waals surface area (Å²) < 4.78 is 11.9. The Morgan fingerprint density at radius 2 is 1.83 bits per heavy atom. The van der Waals surface area contributed by atoms with Crippen LogP contribution in [0.25, 0.3) is 0 Å². The Bertz CT molecular complexity index is 1010. The van der Waals surface area contributed by atoms with E-state index in [0.717, 1.165) is 56.8 Å². The van der Waals surface area contributed by atoms with Crippen LogP contribution in [0, 0.1) is 5.92 Å². The van der Waals surface area contributed by atoms with E-state index in [-0.39, 0.29) is 12.1 Å². The molecule has 35 heavy (non-hydrogen) atoms. The highest BCUT2D eigenvalue weighted by Crippen LogP contribution is 2.45. The van der Waals surface area contributed by atoms with Gasteiger partial charge in [0.15, 0.2) is 11.5 Å². The van der Waals surface area contributed by atoms with Crippen molar-refractivity contribution in [2.45, 2.75) is 58.0 Å². The number of amides is 2. The number of hydrogen-bond acceptors (Lipinski definition) is 4. The Balaban J connectivity index is 1.31. The molecule has 0 bridgehead atoms. The number of nitrogens with zero attached hydrogens (tertiary/aromatic N) is 2. The van der Waals surface area contributed by atoms with Gasteiger partial charge in [0.05, 0.1) is 13.2 Å².